The van der Waals surface area contributed by atoms with Crippen LogP contribution in [0.3, 0.4) is 0 Å². The summed E-state index contributed by atoms with van der Waals surface area (Å²) in [6.45, 7) is 1.94. The van der Waals surface area contributed by atoms with Crippen LogP contribution in [0.2, 0.25) is 5.02 Å². The standard InChI is InChI=1S/C25H18ClF4N3O3/c1-15-9-23(32-24(34)33(15)13-17-3-2-8-31-12-17)35-14-16-4-7-22(21(27)10-16)36-18-5-6-20(26)19(11-18)25(28,29)30/h2-12H,13-14H2,1H3. The van der Waals surface area contributed by atoms with Crippen molar-refractivity contribution in [2.45, 2.75) is 26.3 Å². The topological polar surface area (TPSA) is 66.2 Å². The van der Waals surface area contributed by atoms with Gasteiger partial charge in [-0.1, -0.05) is 23.7 Å². The van der Waals surface area contributed by atoms with Crippen molar-refractivity contribution in [1.82, 2.24) is 14.5 Å². The summed E-state index contributed by atoms with van der Waals surface area (Å²) in [6, 6.07) is 12.0. The van der Waals surface area contributed by atoms with Crippen LogP contribution in [-0.2, 0) is 19.3 Å². The zero-order valence-electron chi connectivity index (χ0n) is 18.7. The third kappa shape index (κ3) is 6.01. The van der Waals surface area contributed by atoms with E-state index < -0.39 is 28.3 Å². The second-order valence-corrected chi connectivity index (χ2v) is 8.17. The highest BCUT2D eigenvalue weighted by molar-refractivity contribution is 6.31. The lowest BCUT2D eigenvalue weighted by Gasteiger charge is -2.13. The molecule has 2 aromatic carbocycles. The second kappa shape index (κ2) is 10.4. The second-order valence-electron chi connectivity index (χ2n) is 7.76. The molecule has 0 bridgehead atoms. The molecule has 0 saturated carbocycles. The Labute approximate surface area is 207 Å². The van der Waals surface area contributed by atoms with Gasteiger partial charge in [0.25, 0.3) is 0 Å². The minimum absolute atomic E-state index is 0.0708. The molecule has 0 aliphatic rings. The molecule has 0 spiro atoms. The van der Waals surface area contributed by atoms with Gasteiger partial charge in [0.1, 0.15) is 12.4 Å². The summed E-state index contributed by atoms with van der Waals surface area (Å²) < 4.78 is 66.0. The van der Waals surface area contributed by atoms with Crippen LogP contribution >= 0.6 is 11.6 Å². The molecule has 0 saturated heterocycles. The highest BCUT2D eigenvalue weighted by atomic mass is 35.5. The van der Waals surface area contributed by atoms with Gasteiger partial charge in [0, 0.05) is 24.2 Å². The summed E-state index contributed by atoms with van der Waals surface area (Å²) in [6.07, 6.45) is -1.39. The number of pyridine rings is 1. The summed E-state index contributed by atoms with van der Waals surface area (Å²) in [5.41, 5.74) is 0.252. The Morgan fingerprint density at radius 3 is 2.53 bits per heavy atom. The van der Waals surface area contributed by atoms with Crippen LogP contribution in [0.5, 0.6) is 17.4 Å². The van der Waals surface area contributed by atoms with E-state index in [1.54, 1.807) is 31.5 Å². The van der Waals surface area contributed by atoms with Crippen LogP contribution < -0.4 is 15.2 Å². The number of hydrogen-bond acceptors (Lipinski definition) is 5. The van der Waals surface area contributed by atoms with E-state index in [2.05, 4.69) is 9.97 Å². The van der Waals surface area contributed by atoms with E-state index in [-0.39, 0.29) is 24.0 Å². The van der Waals surface area contributed by atoms with Crippen LogP contribution in [0.4, 0.5) is 17.6 Å². The fourth-order valence-corrected chi connectivity index (χ4v) is 3.55. The van der Waals surface area contributed by atoms with Gasteiger partial charge < -0.3 is 9.47 Å². The molecule has 186 valence electrons. The first-order valence-electron chi connectivity index (χ1n) is 10.5. The van der Waals surface area contributed by atoms with E-state index in [1.165, 1.54) is 22.8 Å². The predicted molar refractivity (Wildman–Crippen MR) is 124 cm³/mol. The van der Waals surface area contributed by atoms with Crippen molar-refractivity contribution in [2.24, 2.45) is 0 Å². The molecule has 36 heavy (non-hydrogen) atoms. The number of halogens is 5. The lowest BCUT2D eigenvalue weighted by atomic mass is 10.2. The smallest absolute Gasteiger partial charge is 0.417 e. The quantitative estimate of drug-likeness (QED) is 0.273. The number of hydrogen-bond donors (Lipinski definition) is 0. The molecule has 0 unspecified atom stereocenters. The maximum atomic E-state index is 14.6. The zero-order chi connectivity index (χ0) is 25.9. The van der Waals surface area contributed by atoms with Crippen molar-refractivity contribution in [3.63, 3.8) is 0 Å². The Hall–Kier alpha value is -3.92. The molecule has 0 atom stereocenters. The van der Waals surface area contributed by atoms with Gasteiger partial charge in [0.15, 0.2) is 11.6 Å². The first-order valence-corrected chi connectivity index (χ1v) is 10.9. The number of aromatic nitrogens is 3. The van der Waals surface area contributed by atoms with Crippen molar-refractivity contribution < 1.29 is 27.0 Å². The number of alkyl halides is 3. The lowest BCUT2D eigenvalue weighted by molar-refractivity contribution is -0.137. The van der Waals surface area contributed by atoms with Crippen LogP contribution in [0.15, 0.2) is 71.8 Å². The monoisotopic (exact) mass is 519 g/mol. The van der Waals surface area contributed by atoms with E-state index in [4.69, 9.17) is 21.1 Å². The molecule has 11 heteroatoms. The van der Waals surface area contributed by atoms with Crippen molar-refractivity contribution >= 4 is 11.6 Å². The summed E-state index contributed by atoms with van der Waals surface area (Å²) in [5.74, 6) is -1.24. The molecule has 0 aliphatic carbocycles. The molecule has 0 radical (unpaired) electrons. The average Bonchev–Trinajstić information content (AvgIpc) is 2.83. The first kappa shape index (κ1) is 25.2. The Balaban J connectivity index is 1.44. The van der Waals surface area contributed by atoms with Crippen LogP contribution in [0.25, 0.3) is 0 Å². The fourth-order valence-electron chi connectivity index (χ4n) is 3.32. The number of nitrogens with zero attached hydrogens (tertiary/aromatic N) is 3. The van der Waals surface area contributed by atoms with Crippen LogP contribution in [0, 0.1) is 12.7 Å². The maximum absolute atomic E-state index is 14.6. The first-order chi connectivity index (χ1) is 17.1. The Morgan fingerprint density at radius 2 is 1.86 bits per heavy atom. The molecular weight excluding hydrogens is 502 g/mol. The van der Waals surface area contributed by atoms with Gasteiger partial charge in [-0.2, -0.15) is 18.2 Å². The van der Waals surface area contributed by atoms with Crippen LogP contribution in [0.1, 0.15) is 22.4 Å². The summed E-state index contributed by atoms with van der Waals surface area (Å²) in [5, 5.41) is -0.489. The van der Waals surface area contributed by atoms with Gasteiger partial charge in [-0.05, 0) is 54.4 Å². The Bertz CT molecular complexity index is 1440. The fraction of sp³-hybridized carbons (Fsp3) is 0.160. The number of benzene rings is 2. The molecule has 2 heterocycles. The molecule has 0 N–H and O–H groups in total. The Kier molecular flexibility index (Phi) is 7.25. The highest BCUT2D eigenvalue weighted by Gasteiger charge is 2.33. The number of aryl methyl sites for hydroxylation is 1. The third-order valence-electron chi connectivity index (χ3n) is 5.11. The van der Waals surface area contributed by atoms with E-state index in [1.807, 2.05) is 6.07 Å². The Morgan fingerprint density at radius 1 is 1.06 bits per heavy atom. The summed E-state index contributed by atoms with van der Waals surface area (Å²) >= 11 is 5.59. The van der Waals surface area contributed by atoms with E-state index in [0.717, 1.165) is 17.7 Å². The van der Waals surface area contributed by atoms with Crippen LogP contribution in [-0.4, -0.2) is 14.5 Å². The van der Waals surface area contributed by atoms with Crippen molar-refractivity contribution in [3.8, 4) is 17.4 Å². The van der Waals surface area contributed by atoms with E-state index in [0.29, 0.717) is 23.9 Å². The molecular formula is C25H18ClF4N3O3. The molecule has 6 nitrogen and oxygen atoms in total. The largest absolute Gasteiger partial charge is 0.473 e. The van der Waals surface area contributed by atoms with Crippen molar-refractivity contribution in [3.05, 3.63) is 111 Å². The average molecular weight is 520 g/mol. The summed E-state index contributed by atoms with van der Waals surface area (Å²) in [4.78, 5) is 20.4. The van der Waals surface area contributed by atoms with E-state index >= 15 is 0 Å². The highest BCUT2D eigenvalue weighted by Crippen LogP contribution is 2.38. The third-order valence-corrected chi connectivity index (χ3v) is 5.44. The van der Waals surface area contributed by atoms with Gasteiger partial charge in [0.05, 0.1) is 17.1 Å². The number of rotatable bonds is 7. The minimum Gasteiger partial charge on any atom is -0.473 e. The molecule has 4 aromatic rings. The van der Waals surface area contributed by atoms with Crippen molar-refractivity contribution in [2.75, 3.05) is 0 Å². The van der Waals surface area contributed by atoms with Gasteiger partial charge >= 0.3 is 11.9 Å². The molecule has 0 aliphatic heterocycles. The molecule has 0 fully saturated rings. The SMILES string of the molecule is Cc1cc(OCc2ccc(Oc3ccc(Cl)c(C(F)(F)F)c3)c(F)c2)nc(=O)n1Cc1cccnc1. The van der Waals surface area contributed by atoms with Crippen molar-refractivity contribution in [1.29, 1.82) is 0 Å². The normalized spacial score (nSPS) is 11.4. The minimum atomic E-state index is -4.68. The van der Waals surface area contributed by atoms with E-state index in [9.17, 15) is 22.4 Å². The zero-order valence-corrected chi connectivity index (χ0v) is 19.5. The molecule has 2 aromatic heterocycles. The number of ether oxygens (including phenoxy) is 2. The lowest BCUT2D eigenvalue weighted by Crippen LogP contribution is -2.26. The van der Waals surface area contributed by atoms with Gasteiger partial charge in [-0.15, -0.1) is 0 Å². The molecule has 4 rings (SSSR count). The van der Waals surface area contributed by atoms with Gasteiger partial charge in [-0.25, -0.2) is 9.18 Å². The van der Waals surface area contributed by atoms with Gasteiger partial charge in [0.2, 0.25) is 5.88 Å². The summed E-state index contributed by atoms with van der Waals surface area (Å²) in [7, 11) is 0. The maximum Gasteiger partial charge on any atom is 0.417 e. The predicted octanol–water partition coefficient (Wildman–Crippen LogP) is 6.18. The van der Waals surface area contributed by atoms with Gasteiger partial charge in [-0.3, -0.25) is 9.55 Å². The molecule has 0 amide bonds.